The molecule has 0 spiro atoms. The molecule has 1 aromatic carbocycles. The van der Waals surface area contributed by atoms with E-state index >= 15 is 0 Å². The van der Waals surface area contributed by atoms with Gasteiger partial charge >= 0.3 is 0 Å². The first-order chi connectivity index (χ1) is 9.90. The Labute approximate surface area is 125 Å². The normalized spacial score (nSPS) is 19.9. The second-order valence-electron chi connectivity index (χ2n) is 5.30. The monoisotopic (exact) mass is 309 g/mol. The number of nitrogens with zero attached hydrogens (tertiary/aromatic N) is 2. The van der Waals surface area contributed by atoms with E-state index in [1.165, 1.54) is 10.6 Å². The predicted octanol–water partition coefficient (Wildman–Crippen LogP) is 1.19. The summed E-state index contributed by atoms with van der Waals surface area (Å²) >= 11 is 0. The summed E-state index contributed by atoms with van der Waals surface area (Å²) in [6.07, 6.45) is 3.00. The van der Waals surface area contributed by atoms with Gasteiger partial charge in [0.2, 0.25) is 10.0 Å². The minimum absolute atomic E-state index is 0.156. The van der Waals surface area contributed by atoms with Crippen molar-refractivity contribution in [3.05, 3.63) is 23.8 Å². The molecule has 0 aliphatic carbocycles. The Balaban J connectivity index is 1.96. The maximum Gasteiger partial charge on any atom is 0.211 e. The zero-order valence-electron chi connectivity index (χ0n) is 11.9. The highest BCUT2D eigenvalue weighted by molar-refractivity contribution is 7.88. The van der Waals surface area contributed by atoms with Crippen LogP contribution in [0.3, 0.4) is 0 Å². The van der Waals surface area contributed by atoms with Crippen LogP contribution in [0.1, 0.15) is 18.4 Å². The largest absolute Gasteiger partial charge is 0.491 e. The number of rotatable bonds is 4. The molecule has 114 valence electrons. The molecule has 1 saturated heterocycles. The number of benzene rings is 1. The molecule has 2 N–H and O–H groups in total. The molecule has 1 aliphatic rings. The summed E-state index contributed by atoms with van der Waals surface area (Å²) in [6, 6.07) is 6.90. The molecule has 0 amide bonds. The van der Waals surface area contributed by atoms with E-state index in [0.717, 1.165) is 12.8 Å². The third-order valence-corrected chi connectivity index (χ3v) is 4.83. The topological polar surface area (TPSA) is 96.4 Å². The number of ether oxygens (including phenoxy) is 1. The summed E-state index contributed by atoms with van der Waals surface area (Å²) in [5.74, 6) is 0.689. The van der Waals surface area contributed by atoms with Gasteiger partial charge in [0, 0.05) is 19.0 Å². The Morgan fingerprint density at radius 3 is 2.90 bits per heavy atom. The van der Waals surface area contributed by atoms with Crippen LogP contribution in [-0.2, 0) is 10.0 Å². The molecule has 1 atom stereocenters. The molecule has 7 heteroatoms. The Morgan fingerprint density at radius 2 is 2.29 bits per heavy atom. The maximum absolute atomic E-state index is 11.6. The fourth-order valence-electron chi connectivity index (χ4n) is 2.42. The number of nitrogen functional groups attached to an aromatic ring is 1. The molecule has 1 aliphatic heterocycles. The van der Waals surface area contributed by atoms with Crippen molar-refractivity contribution in [2.24, 2.45) is 5.92 Å². The summed E-state index contributed by atoms with van der Waals surface area (Å²) in [5, 5.41) is 8.78. The first-order valence-corrected chi connectivity index (χ1v) is 8.62. The molecule has 0 aromatic heterocycles. The lowest BCUT2D eigenvalue weighted by Crippen LogP contribution is -2.40. The average molecular weight is 309 g/mol. The maximum atomic E-state index is 11.6. The molecule has 0 radical (unpaired) electrons. The minimum atomic E-state index is -3.14. The van der Waals surface area contributed by atoms with E-state index in [9.17, 15) is 8.42 Å². The smallest absolute Gasteiger partial charge is 0.211 e. The summed E-state index contributed by atoms with van der Waals surface area (Å²) in [5.41, 5.74) is 6.73. The Morgan fingerprint density at radius 1 is 1.52 bits per heavy atom. The molecule has 1 aromatic rings. The summed E-state index contributed by atoms with van der Waals surface area (Å²) < 4.78 is 30.3. The van der Waals surface area contributed by atoms with Gasteiger partial charge in [0.05, 0.1) is 30.2 Å². The van der Waals surface area contributed by atoms with Gasteiger partial charge in [-0.3, -0.25) is 0 Å². The van der Waals surface area contributed by atoms with Crippen LogP contribution in [0.25, 0.3) is 0 Å². The van der Waals surface area contributed by atoms with E-state index < -0.39 is 10.0 Å². The van der Waals surface area contributed by atoms with E-state index in [4.69, 9.17) is 15.7 Å². The molecule has 1 unspecified atom stereocenters. The van der Waals surface area contributed by atoms with Crippen molar-refractivity contribution in [2.45, 2.75) is 12.8 Å². The van der Waals surface area contributed by atoms with Crippen molar-refractivity contribution < 1.29 is 13.2 Å². The number of sulfonamides is 1. The van der Waals surface area contributed by atoms with Crippen LogP contribution in [0.5, 0.6) is 5.75 Å². The lowest BCUT2D eigenvalue weighted by Gasteiger charge is -2.30. The van der Waals surface area contributed by atoms with Gasteiger partial charge in [-0.15, -0.1) is 0 Å². The molecule has 2 rings (SSSR count). The van der Waals surface area contributed by atoms with Gasteiger partial charge < -0.3 is 10.5 Å². The minimum Gasteiger partial charge on any atom is -0.491 e. The number of piperidine rings is 1. The van der Waals surface area contributed by atoms with Gasteiger partial charge in [-0.05, 0) is 31.0 Å². The van der Waals surface area contributed by atoms with E-state index in [1.54, 1.807) is 18.2 Å². The number of nitriles is 1. The molecule has 21 heavy (non-hydrogen) atoms. The molecular weight excluding hydrogens is 290 g/mol. The van der Waals surface area contributed by atoms with Gasteiger partial charge in [-0.2, -0.15) is 5.26 Å². The van der Waals surface area contributed by atoms with Gasteiger partial charge in [0.1, 0.15) is 5.75 Å². The SMILES string of the molecule is CS(=O)(=O)N1CCCC(COc2ccc(C#N)cc2N)C1. The van der Waals surface area contributed by atoms with Gasteiger partial charge in [0.25, 0.3) is 0 Å². The van der Waals surface area contributed by atoms with E-state index in [0.29, 0.717) is 36.7 Å². The zero-order chi connectivity index (χ0) is 15.5. The van der Waals surface area contributed by atoms with Crippen molar-refractivity contribution in [3.8, 4) is 11.8 Å². The molecular formula is C14H19N3O3S. The summed E-state index contributed by atoms with van der Waals surface area (Å²) in [7, 11) is -3.14. The van der Waals surface area contributed by atoms with Gasteiger partial charge in [0.15, 0.2) is 0 Å². The van der Waals surface area contributed by atoms with Gasteiger partial charge in [-0.25, -0.2) is 12.7 Å². The second-order valence-corrected chi connectivity index (χ2v) is 7.29. The van der Waals surface area contributed by atoms with E-state index in [-0.39, 0.29) is 5.92 Å². The second kappa shape index (κ2) is 6.33. The Kier molecular flexibility index (Phi) is 4.70. The standard InChI is InChI=1S/C14H19N3O3S/c1-21(18,19)17-6-2-3-12(9-17)10-20-14-5-4-11(8-15)7-13(14)16/h4-5,7,12H,2-3,6,9-10,16H2,1H3. The van der Waals surface area contributed by atoms with Gasteiger partial charge in [-0.1, -0.05) is 0 Å². The van der Waals surface area contributed by atoms with Crippen LogP contribution >= 0.6 is 0 Å². The molecule has 1 fully saturated rings. The van der Waals surface area contributed by atoms with Crippen molar-refractivity contribution >= 4 is 15.7 Å². The molecule has 6 nitrogen and oxygen atoms in total. The molecule has 0 saturated carbocycles. The highest BCUT2D eigenvalue weighted by Crippen LogP contribution is 2.25. The highest BCUT2D eigenvalue weighted by atomic mass is 32.2. The number of anilines is 1. The third-order valence-electron chi connectivity index (χ3n) is 3.56. The van der Waals surface area contributed by atoms with Crippen LogP contribution < -0.4 is 10.5 Å². The lowest BCUT2D eigenvalue weighted by molar-refractivity contribution is 0.181. The number of hydrogen-bond acceptors (Lipinski definition) is 5. The van der Waals surface area contributed by atoms with Crippen LogP contribution in [0.15, 0.2) is 18.2 Å². The van der Waals surface area contributed by atoms with Crippen molar-refractivity contribution in [2.75, 3.05) is 31.7 Å². The quantitative estimate of drug-likeness (QED) is 0.843. The first kappa shape index (κ1) is 15.6. The van der Waals surface area contributed by atoms with E-state index in [2.05, 4.69) is 0 Å². The average Bonchev–Trinajstić information content (AvgIpc) is 2.45. The van der Waals surface area contributed by atoms with Crippen LogP contribution in [-0.4, -0.2) is 38.7 Å². The van der Waals surface area contributed by atoms with Crippen LogP contribution in [0.2, 0.25) is 0 Å². The van der Waals surface area contributed by atoms with Crippen molar-refractivity contribution in [1.29, 1.82) is 5.26 Å². The molecule has 1 heterocycles. The summed E-state index contributed by atoms with van der Waals surface area (Å²) in [4.78, 5) is 0. The fourth-order valence-corrected chi connectivity index (χ4v) is 3.36. The lowest BCUT2D eigenvalue weighted by atomic mass is 10.0. The predicted molar refractivity (Wildman–Crippen MR) is 80.2 cm³/mol. The highest BCUT2D eigenvalue weighted by Gasteiger charge is 2.26. The zero-order valence-corrected chi connectivity index (χ0v) is 12.8. The molecule has 0 bridgehead atoms. The number of nitrogens with two attached hydrogens (primary N) is 1. The van der Waals surface area contributed by atoms with E-state index in [1.807, 2.05) is 6.07 Å². The Bertz CT molecular complexity index is 652. The van der Waals surface area contributed by atoms with Crippen molar-refractivity contribution in [1.82, 2.24) is 4.31 Å². The fraction of sp³-hybridized carbons (Fsp3) is 0.500. The summed E-state index contributed by atoms with van der Waals surface area (Å²) in [6.45, 7) is 1.48. The van der Waals surface area contributed by atoms with Crippen molar-refractivity contribution in [3.63, 3.8) is 0 Å². The Hall–Kier alpha value is -1.78. The third kappa shape index (κ3) is 4.09. The van der Waals surface area contributed by atoms with Crippen LogP contribution in [0, 0.1) is 17.2 Å². The van der Waals surface area contributed by atoms with Crippen LogP contribution in [0.4, 0.5) is 5.69 Å². The first-order valence-electron chi connectivity index (χ1n) is 6.77. The number of hydrogen-bond donors (Lipinski definition) is 1.